The van der Waals surface area contributed by atoms with Crippen LogP contribution in [-0.4, -0.2) is 61.9 Å². The Balaban J connectivity index is 1.67. The van der Waals surface area contributed by atoms with E-state index in [1.807, 2.05) is 27.7 Å². The molecule has 0 aromatic heterocycles. The van der Waals surface area contributed by atoms with E-state index in [1.54, 1.807) is 53.4 Å². The monoisotopic (exact) mass is 602 g/mol. The number of piperidine rings is 1. The number of methoxy groups -OCH3 is 2. The first-order chi connectivity index (χ1) is 20.9. The van der Waals surface area contributed by atoms with Gasteiger partial charge in [0.25, 0.3) is 0 Å². The lowest BCUT2D eigenvalue weighted by atomic mass is 9.81. The highest BCUT2D eigenvalue weighted by Crippen LogP contribution is 2.43. The molecule has 2 heterocycles. The summed E-state index contributed by atoms with van der Waals surface area (Å²) in [6, 6.07) is 16.2. The van der Waals surface area contributed by atoms with Crippen LogP contribution < -0.4 is 15.4 Å². The Morgan fingerprint density at radius 1 is 0.977 bits per heavy atom. The smallest absolute Gasteiger partial charge is 0.410 e. The van der Waals surface area contributed by atoms with Crippen LogP contribution in [-0.2, 0) is 23.8 Å². The molecule has 11 heteroatoms. The number of anilines is 1. The van der Waals surface area contributed by atoms with E-state index >= 15 is 0 Å². The van der Waals surface area contributed by atoms with E-state index in [9.17, 15) is 19.6 Å². The van der Waals surface area contributed by atoms with Crippen LogP contribution in [0.15, 0.2) is 71.2 Å². The van der Waals surface area contributed by atoms with Gasteiger partial charge in [-0.25, -0.2) is 14.4 Å². The first kappa shape index (κ1) is 31.9. The Morgan fingerprint density at radius 3 is 2.16 bits per heavy atom. The van der Waals surface area contributed by atoms with Gasteiger partial charge in [0.2, 0.25) is 0 Å². The lowest BCUT2D eigenvalue weighted by Crippen LogP contribution is -2.44. The van der Waals surface area contributed by atoms with E-state index in [2.05, 4.69) is 6.07 Å². The normalized spacial score (nSPS) is 17.6. The summed E-state index contributed by atoms with van der Waals surface area (Å²) in [6.07, 6.45) is 0.806. The van der Waals surface area contributed by atoms with Gasteiger partial charge in [0.05, 0.1) is 37.4 Å². The van der Waals surface area contributed by atoms with Crippen molar-refractivity contribution in [3.63, 3.8) is 0 Å². The minimum atomic E-state index is -0.950. The molecule has 44 heavy (non-hydrogen) atoms. The van der Waals surface area contributed by atoms with Crippen molar-refractivity contribution in [3.05, 3.63) is 82.3 Å². The van der Waals surface area contributed by atoms with E-state index in [4.69, 9.17) is 24.7 Å². The zero-order valence-electron chi connectivity index (χ0n) is 25.9. The predicted octanol–water partition coefficient (Wildman–Crippen LogP) is 4.67. The topological polar surface area (TPSA) is 144 Å². The van der Waals surface area contributed by atoms with Gasteiger partial charge in [-0.3, -0.25) is 4.90 Å². The summed E-state index contributed by atoms with van der Waals surface area (Å²) in [5.74, 6) is -1.96. The zero-order valence-corrected chi connectivity index (χ0v) is 25.9. The molecule has 2 N–H and O–H groups in total. The molecule has 2 aliphatic heterocycles. The first-order valence-corrected chi connectivity index (χ1v) is 14.3. The molecule has 0 radical (unpaired) electrons. The zero-order chi connectivity index (χ0) is 32.2. The van der Waals surface area contributed by atoms with Crippen LogP contribution in [0.5, 0.6) is 5.75 Å². The standard InChI is InChI=1S/C33H38N4O7/c1-20-18-22(12-13-25(20)43-23-14-16-36(17-15-23)32(40)44-33(2,3)4)37-28(31(39)42-6)27(30(38)41-5)26(24(19-34)29(37)35)21-10-8-7-9-11-21/h7-13,18,23,26H,14-17,35H2,1-6H3. The molecule has 1 amide bonds. The molecule has 2 aliphatic rings. The van der Waals surface area contributed by atoms with Crippen LogP contribution >= 0.6 is 0 Å². The molecule has 1 saturated heterocycles. The number of likely N-dealkylation sites (tertiary alicyclic amines) is 1. The minimum absolute atomic E-state index is 0.0167. The van der Waals surface area contributed by atoms with Crippen molar-refractivity contribution in [2.45, 2.75) is 58.2 Å². The Kier molecular flexibility index (Phi) is 9.53. The molecule has 0 spiro atoms. The average Bonchev–Trinajstić information content (AvgIpc) is 3.00. The number of allylic oxidation sites excluding steroid dienone is 1. The van der Waals surface area contributed by atoms with Crippen LogP contribution in [0.25, 0.3) is 0 Å². The maximum absolute atomic E-state index is 13.3. The Labute approximate surface area is 257 Å². The molecule has 0 saturated carbocycles. The van der Waals surface area contributed by atoms with Crippen molar-refractivity contribution in [2.24, 2.45) is 5.73 Å². The third-order valence-corrected chi connectivity index (χ3v) is 7.41. The summed E-state index contributed by atoms with van der Waals surface area (Å²) >= 11 is 0. The number of nitrogens with zero attached hydrogens (tertiary/aromatic N) is 3. The molecular weight excluding hydrogens is 564 g/mol. The number of nitriles is 1. The quantitative estimate of drug-likeness (QED) is 0.366. The first-order valence-electron chi connectivity index (χ1n) is 14.3. The summed E-state index contributed by atoms with van der Waals surface area (Å²) in [6.45, 7) is 8.37. The molecule has 0 bridgehead atoms. The van der Waals surface area contributed by atoms with E-state index in [-0.39, 0.29) is 34.9 Å². The highest BCUT2D eigenvalue weighted by Gasteiger charge is 2.43. The van der Waals surface area contributed by atoms with Crippen LogP contribution in [0.4, 0.5) is 10.5 Å². The van der Waals surface area contributed by atoms with Gasteiger partial charge in [-0.2, -0.15) is 5.26 Å². The van der Waals surface area contributed by atoms with Gasteiger partial charge in [-0.15, -0.1) is 0 Å². The van der Waals surface area contributed by atoms with Crippen molar-refractivity contribution >= 4 is 23.7 Å². The fraction of sp³-hybridized carbons (Fsp3) is 0.394. The number of aryl methyl sites for hydroxylation is 1. The highest BCUT2D eigenvalue weighted by molar-refractivity contribution is 6.06. The van der Waals surface area contributed by atoms with Gasteiger partial charge in [0.15, 0.2) is 0 Å². The second-order valence-electron chi connectivity index (χ2n) is 11.6. The Morgan fingerprint density at radius 2 is 1.61 bits per heavy atom. The number of hydrogen-bond donors (Lipinski definition) is 1. The summed E-state index contributed by atoms with van der Waals surface area (Å²) in [5.41, 5.74) is 7.67. The number of rotatable bonds is 6. The summed E-state index contributed by atoms with van der Waals surface area (Å²) < 4.78 is 22.0. The lowest BCUT2D eigenvalue weighted by Gasteiger charge is -2.36. The van der Waals surface area contributed by atoms with Gasteiger partial charge in [0.1, 0.15) is 29.0 Å². The minimum Gasteiger partial charge on any atom is -0.490 e. The number of carbonyl (C=O) groups excluding carboxylic acids is 3. The fourth-order valence-corrected chi connectivity index (χ4v) is 5.35. The Bertz CT molecular complexity index is 1530. The molecule has 0 aliphatic carbocycles. The van der Waals surface area contributed by atoms with Gasteiger partial charge in [0, 0.05) is 31.6 Å². The van der Waals surface area contributed by atoms with E-state index < -0.39 is 23.5 Å². The summed E-state index contributed by atoms with van der Waals surface area (Å²) in [7, 11) is 2.41. The van der Waals surface area contributed by atoms with Gasteiger partial charge in [-0.05, 0) is 57.0 Å². The van der Waals surface area contributed by atoms with E-state index in [1.165, 1.54) is 19.1 Å². The second kappa shape index (κ2) is 13.1. The third kappa shape index (κ3) is 6.64. The molecule has 232 valence electrons. The van der Waals surface area contributed by atoms with Gasteiger partial charge >= 0.3 is 18.0 Å². The number of amides is 1. The Hall–Kier alpha value is -4.98. The number of carbonyl (C=O) groups is 3. The molecule has 1 fully saturated rings. The van der Waals surface area contributed by atoms with Crippen LogP contribution in [0.3, 0.4) is 0 Å². The number of esters is 2. The number of nitrogens with two attached hydrogens (primary N) is 1. The predicted molar refractivity (Wildman–Crippen MR) is 162 cm³/mol. The van der Waals surface area contributed by atoms with Crippen LogP contribution in [0, 0.1) is 18.3 Å². The number of benzene rings is 2. The molecule has 2 aromatic carbocycles. The molecule has 11 nitrogen and oxygen atoms in total. The molecule has 2 aromatic rings. The van der Waals surface area contributed by atoms with Crippen molar-refractivity contribution in [2.75, 3.05) is 32.2 Å². The second-order valence-corrected chi connectivity index (χ2v) is 11.6. The van der Waals surface area contributed by atoms with Crippen LogP contribution in [0.2, 0.25) is 0 Å². The summed E-state index contributed by atoms with van der Waals surface area (Å²) in [4.78, 5) is 42.0. The number of ether oxygens (including phenoxy) is 4. The molecule has 1 atom stereocenters. The van der Waals surface area contributed by atoms with Crippen molar-refractivity contribution < 1.29 is 33.3 Å². The SMILES string of the molecule is COC(=O)C1=C(C(=O)OC)N(c2ccc(OC3CCN(C(=O)OC(C)(C)C)CC3)c(C)c2)C(N)=C(C#N)C1c1ccccc1. The van der Waals surface area contributed by atoms with E-state index in [0.29, 0.717) is 42.9 Å². The molecular formula is C33H38N4O7. The van der Waals surface area contributed by atoms with Crippen molar-refractivity contribution in [1.29, 1.82) is 5.26 Å². The molecule has 1 unspecified atom stereocenters. The fourth-order valence-electron chi connectivity index (χ4n) is 5.35. The van der Waals surface area contributed by atoms with Crippen molar-refractivity contribution in [3.8, 4) is 11.8 Å². The largest absolute Gasteiger partial charge is 0.490 e. The average molecular weight is 603 g/mol. The van der Waals surface area contributed by atoms with Crippen molar-refractivity contribution in [1.82, 2.24) is 4.90 Å². The lowest BCUT2D eigenvalue weighted by molar-refractivity contribution is -0.139. The van der Waals surface area contributed by atoms with Gasteiger partial charge < -0.3 is 29.6 Å². The maximum Gasteiger partial charge on any atom is 0.410 e. The highest BCUT2D eigenvalue weighted by atomic mass is 16.6. The van der Waals surface area contributed by atoms with Gasteiger partial charge in [-0.1, -0.05) is 30.3 Å². The van der Waals surface area contributed by atoms with Crippen LogP contribution in [0.1, 0.15) is 50.7 Å². The summed E-state index contributed by atoms with van der Waals surface area (Å²) in [5, 5.41) is 10.2. The van der Waals surface area contributed by atoms with E-state index in [0.717, 1.165) is 5.56 Å². The number of hydrogen-bond acceptors (Lipinski definition) is 10. The maximum atomic E-state index is 13.3. The third-order valence-electron chi connectivity index (χ3n) is 7.41. The molecule has 4 rings (SSSR count).